The molecule has 2 atom stereocenters. The molecule has 0 radical (unpaired) electrons. The standard InChI is InChI=1S/C20H29NO3S/c1-14(7-6-8-15(2)12-22)9-10-20(24-18(5)23)16(3)11-19-13-25-17(4)21-19/h9,11-13,15,20H,6-8,10H2,1-5H3/b14-9-,16-11+/t15-,20-/m0/s1. The molecule has 0 aromatic carbocycles. The van der Waals surface area contributed by atoms with Gasteiger partial charge >= 0.3 is 5.97 Å². The van der Waals surface area contributed by atoms with Crippen molar-refractivity contribution in [3.8, 4) is 0 Å². The van der Waals surface area contributed by atoms with Gasteiger partial charge in [-0.25, -0.2) is 4.98 Å². The molecule has 1 heterocycles. The molecular weight excluding hydrogens is 334 g/mol. The van der Waals surface area contributed by atoms with Gasteiger partial charge in [0.1, 0.15) is 12.4 Å². The fourth-order valence-corrected chi connectivity index (χ4v) is 3.05. The number of esters is 1. The molecule has 25 heavy (non-hydrogen) atoms. The van der Waals surface area contributed by atoms with Gasteiger partial charge in [0.05, 0.1) is 10.7 Å². The maximum atomic E-state index is 11.4. The van der Waals surface area contributed by atoms with Gasteiger partial charge < -0.3 is 9.53 Å². The summed E-state index contributed by atoms with van der Waals surface area (Å²) in [6, 6.07) is 0. The lowest BCUT2D eigenvalue weighted by atomic mass is 10.0. The number of thiazole rings is 1. The summed E-state index contributed by atoms with van der Waals surface area (Å²) >= 11 is 1.60. The molecule has 1 aromatic heterocycles. The highest BCUT2D eigenvalue weighted by Crippen LogP contribution is 2.19. The van der Waals surface area contributed by atoms with Gasteiger partial charge in [-0.05, 0) is 51.7 Å². The van der Waals surface area contributed by atoms with E-state index in [9.17, 15) is 9.59 Å². The number of aldehydes is 1. The highest BCUT2D eigenvalue weighted by Gasteiger charge is 2.14. The lowest BCUT2D eigenvalue weighted by Gasteiger charge is -2.16. The first kappa shape index (κ1) is 21.3. The summed E-state index contributed by atoms with van der Waals surface area (Å²) in [6.45, 7) is 9.40. The van der Waals surface area contributed by atoms with Crippen LogP contribution in [0, 0.1) is 12.8 Å². The van der Waals surface area contributed by atoms with Crippen LogP contribution in [0.15, 0.2) is 22.6 Å². The second-order valence-electron chi connectivity index (χ2n) is 6.57. The van der Waals surface area contributed by atoms with E-state index >= 15 is 0 Å². The van der Waals surface area contributed by atoms with Crippen molar-refractivity contribution in [3.05, 3.63) is 33.3 Å². The average molecular weight is 364 g/mol. The van der Waals surface area contributed by atoms with Crippen molar-refractivity contribution in [2.45, 2.75) is 66.4 Å². The van der Waals surface area contributed by atoms with Crippen molar-refractivity contribution in [3.63, 3.8) is 0 Å². The molecule has 138 valence electrons. The van der Waals surface area contributed by atoms with Gasteiger partial charge in [0.2, 0.25) is 0 Å². The predicted octanol–water partition coefficient (Wildman–Crippen LogP) is 5.13. The average Bonchev–Trinajstić information content (AvgIpc) is 2.95. The number of hydrogen-bond donors (Lipinski definition) is 0. The second-order valence-corrected chi connectivity index (χ2v) is 7.63. The molecule has 0 bridgehead atoms. The summed E-state index contributed by atoms with van der Waals surface area (Å²) in [5.74, 6) is -0.161. The molecule has 4 nitrogen and oxygen atoms in total. The van der Waals surface area contributed by atoms with E-state index in [4.69, 9.17) is 4.74 Å². The Morgan fingerprint density at radius 2 is 2.08 bits per heavy atom. The van der Waals surface area contributed by atoms with Gasteiger partial charge in [-0.15, -0.1) is 11.3 Å². The van der Waals surface area contributed by atoms with E-state index in [1.165, 1.54) is 12.5 Å². The molecule has 0 saturated heterocycles. The van der Waals surface area contributed by atoms with Gasteiger partial charge in [0.25, 0.3) is 0 Å². The smallest absolute Gasteiger partial charge is 0.303 e. The van der Waals surface area contributed by atoms with Crippen LogP contribution in [0.1, 0.15) is 64.1 Å². The Hall–Kier alpha value is -1.75. The molecule has 0 aliphatic carbocycles. The SMILES string of the molecule is CC(=O)O[C@@H](C/C=C(/C)CCC[C@H](C)C=O)/C(C)=C/c1csc(C)n1. The number of allylic oxidation sites excluding steroid dienone is 1. The van der Waals surface area contributed by atoms with Crippen LogP contribution in [0.3, 0.4) is 0 Å². The summed E-state index contributed by atoms with van der Waals surface area (Å²) in [5, 5.41) is 3.02. The Morgan fingerprint density at radius 3 is 2.64 bits per heavy atom. The van der Waals surface area contributed by atoms with E-state index in [2.05, 4.69) is 18.0 Å². The fraction of sp³-hybridized carbons (Fsp3) is 0.550. The molecule has 0 saturated carbocycles. The molecule has 1 aromatic rings. The Morgan fingerprint density at radius 1 is 1.36 bits per heavy atom. The van der Waals surface area contributed by atoms with E-state index in [0.29, 0.717) is 6.42 Å². The van der Waals surface area contributed by atoms with Crippen molar-refractivity contribution in [1.82, 2.24) is 4.98 Å². The number of aryl methyl sites for hydroxylation is 1. The largest absolute Gasteiger partial charge is 0.458 e. The molecule has 1 rings (SSSR count). The van der Waals surface area contributed by atoms with E-state index in [1.54, 1.807) is 11.3 Å². The van der Waals surface area contributed by atoms with E-state index in [1.807, 2.05) is 32.2 Å². The first-order chi connectivity index (χ1) is 11.8. The Kier molecular flexibility index (Phi) is 9.35. The molecule has 0 amide bonds. The Labute approximate surface area is 155 Å². The van der Waals surface area contributed by atoms with Gasteiger partial charge in [-0.1, -0.05) is 18.6 Å². The lowest BCUT2D eigenvalue weighted by Crippen LogP contribution is -2.17. The van der Waals surface area contributed by atoms with Crippen molar-refractivity contribution in [2.24, 2.45) is 5.92 Å². The summed E-state index contributed by atoms with van der Waals surface area (Å²) in [7, 11) is 0. The first-order valence-corrected chi connectivity index (χ1v) is 9.58. The van der Waals surface area contributed by atoms with Crippen molar-refractivity contribution >= 4 is 29.7 Å². The molecule has 0 unspecified atom stereocenters. The third-order valence-corrected chi connectivity index (χ3v) is 4.76. The number of carbonyl (C=O) groups excluding carboxylic acids is 2. The predicted molar refractivity (Wildman–Crippen MR) is 104 cm³/mol. The highest BCUT2D eigenvalue weighted by atomic mass is 32.1. The van der Waals surface area contributed by atoms with E-state index in [-0.39, 0.29) is 18.0 Å². The van der Waals surface area contributed by atoms with Crippen LogP contribution in [-0.2, 0) is 14.3 Å². The Balaban J connectivity index is 2.68. The summed E-state index contributed by atoms with van der Waals surface area (Å²) in [5.41, 5.74) is 3.15. The Bertz CT molecular complexity index is 631. The van der Waals surface area contributed by atoms with Gasteiger partial charge in [-0.3, -0.25) is 4.79 Å². The van der Waals surface area contributed by atoms with Crippen LogP contribution < -0.4 is 0 Å². The van der Waals surface area contributed by atoms with E-state index < -0.39 is 0 Å². The minimum Gasteiger partial charge on any atom is -0.458 e. The second kappa shape index (κ2) is 11.0. The van der Waals surface area contributed by atoms with Gasteiger partial charge in [0.15, 0.2) is 0 Å². The number of ether oxygens (including phenoxy) is 1. The first-order valence-electron chi connectivity index (χ1n) is 8.70. The third kappa shape index (κ3) is 8.77. The zero-order valence-electron chi connectivity index (χ0n) is 15.9. The zero-order chi connectivity index (χ0) is 18.8. The topological polar surface area (TPSA) is 56.3 Å². The maximum absolute atomic E-state index is 11.4. The number of carbonyl (C=O) groups is 2. The fourth-order valence-electron chi connectivity index (χ4n) is 2.48. The molecule has 0 aliphatic rings. The molecule has 5 heteroatoms. The summed E-state index contributed by atoms with van der Waals surface area (Å²) in [4.78, 5) is 26.5. The lowest BCUT2D eigenvalue weighted by molar-refractivity contribution is -0.144. The molecule has 0 aliphatic heterocycles. The normalized spacial score (nSPS) is 14.9. The monoisotopic (exact) mass is 363 g/mol. The highest BCUT2D eigenvalue weighted by molar-refractivity contribution is 7.09. The van der Waals surface area contributed by atoms with Crippen LogP contribution in [0.5, 0.6) is 0 Å². The van der Waals surface area contributed by atoms with Gasteiger partial charge in [0, 0.05) is 24.6 Å². The summed E-state index contributed by atoms with van der Waals surface area (Å²) in [6.07, 6.45) is 8.35. The quantitative estimate of drug-likeness (QED) is 0.328. The van der Waals surface area contributed by atoms with Crippen molar-refractivity contribution < 1.29 is 14.3 Å². The van der Waals surface area contributed by atoms with Crippen LogP contribution in [-0.4, -0.2) is 23.3 Å². The number of hydrogen-bond acceptors (Lipinski definition) is 5. The van der Waals surface area contributed by atoms with Crippen LogP contribution in [0.2, 0.25) is 0 Å². The number of aromatic nitrogens is 1. The minimum absolute atomic E-state index is 0.119. The van der Waals surface area contributed by atoms with Gasteiger partial charge in [-0.2, -0.15) is 0 Å². The van der Waals surface area contributed by atoms with Crippen molar-refractivity contribution in [1.29, 1.82) is 0 Å². The molecular formula is C20H29NO3S. The number of rotatable bonds is 10. The van der Waals surface area contributed by atoms with Crippen LogP contribution in [0.25, 0.3) is 6.08 Å². The van der Waals surface area contributed by atoms with Crippen molar-refractivity contribution in [2.75, 3.05) is 0 Å². The third-order valence-electron chi connectivity index (χ3n) is 3.97. The zero-order valence-corrected chi connectivity index (χ0v) is 16.7. The minimum atomic E-state index is -0.280. The van der Waals surface area contributed by atoms with Crippen LogP contribution in [0.4, 0.5) is 0 Å². The molecule has 0 spiro atoms. The summed E-state index contributed by atoms with van der Waals surface area (Å²) < 4.78 is 5.48. The molecule has 0 fully saturated rings. The molecule has 0 N–H and O–H groups in total. The van der Waals surface area contributed by atoms with E-state index in [0.717, 1.165) is 41.8 Å². The van der Waals surface area contributed by atoms with Crippen LogP contribution >= 0.6 is 11.3 Å². The number of nitrogens with zero attached hydrogens (tertiary/aromatic N) is 1. The maximum Gasteiger partial charge on any atom is 0.303 e.